The molecule has 3 heterocycles. The number of hydrogen-bond acceptors (Lipinski definition) is 6. The quantitative estimate of drug-likeness (QED) is 0.373. The molecule has 0 saturated carbocycles. The summed E-state index contributed by atoms with van der Waals surface area (Å²) in [7, 11) is 0. The van der Waals surface area contributed by atoms with Crippen LogP contribution >= 0.6 is 11.3 Å². The highest BCUT2D eigenvalue weighted by atomic mass is 32.1. The largest absolute Gasteiger partial charge is 0.459 e. The van der Waals surface area contributed by atoms with Crippen LogP contribution in [0.15, 0.2) is 53.1 Å². The number of aryl methyl sites for hydroxylation is 4. The minimum Gasteiger partial charge on any atom is -0.459 e. The number of furan rings is 1. The van der Waals surface area contributed by atoms with Crippen molar-refractivity contribution in [1.29, 1.82) is 0 Å². The summed E-state index contributed by atoms with van der Waals surface area (Å²) >= 11 is 1.56. The minimum absolute atomic E-state index is 0.242. The van der Waals surface area contributed by atoms with Crippen LogP contribution in [0.25, 0.3) is 0 Å². The molecule has 0 aliphatic rings. The van der Waals surface area contributed by atoms with Gasteiger partial charge in [-0.1, -0.05) is 29.8 Å². The smallest absolute Gasteiger partial charge is 0.291 e. The average molecular weight is 447 g/mol. The van der Waals surface area contributed by atoms with Gasteiger partial charge in [0, 0.05) is 21.8 Å². The van der Waals surface area contributed by atoms with Crippen LogP contribution < -0.4 is 10.6 Å². The van der Waals surface area contributed by atoms with Crippen LogP contribution in [-0.2, 0) is 0 Å². The van der Waals surface area contributed by atoms with Crippen LogP contribution in [0.3, 0.4) is 0 Å². The molecule has 6 nitrogen and oxygen atoms in total. The van der Waals surface area contributed by atoms with Crippen molar-refractivity contribution in [1.82, 2.24) is 9.97 Å². The number of benzene rings is 1. The van der Waals surface area contributed by atoms with E-state index in [9.17, 15) is 4.79 Å². The number of aromatic nitrogens is 2. The van der Waals surface area contributed by atoms with Crippen molar-refractivity contribution < 1.29 is 9.21 Å². The summed E-state index contributed by atoms with van der Waals surface area (Å²) in [5.41, 5.74) is 6.15. The molecule has 0 spiro atoms. The van der Waals surface area contributed by atoms with Gasteiger partial charge < -0.3 is 15.1 Å². The first kappa shape index (κ1) is 21.8. The molecule has 1 unspecified atom stereocenters. The number of carbonyl (C=O) groups is 1. The van der Waals surface area contributed by atoms with Gasteiger partial charge in [-0.15, -0.1) is 11.3 Å². The van der Waals surface area contributed by atoms with Crippen molar-refractivity contribution in [3.8, 4) is 0 Å². The molecule has 7 heteroatoms. The molecule has 1 aromatic carbocycles. The Kier molecular flexibility index (Phi) is 6.10. The van der Waals surface area contributed by atoms with Crippen LogP contribution in [0.2, 0.25) is 0 Å². The average Bonchev–Trinajstić information content (AvgIpc) is 3.36. The predicted octanol–water partition coefficient (Wildman–Crippen LogP) is 6.13. The van der Waals surface area contributed by atoms with E-state index in [-0.39, 0.29) is 17.7 Å². The van der Waals surface area contributed by atoms with Gasteiger partial charge in [-0.25, -0.2) is 9.97 Å². The zero-order valence-corrected chi connectivity index (χ0v) is 19.6. The Balaban J connectivity index is 1.80. The van der Waals surface area contributed by atoms with Crippen LogP contribution in [0.4, 0.5) is 10.9 Å². The van der Waals surface area contributed by atoms with Gasteiger partial charge in [0.25, 0.3) is 5.91 Å². The Morgan fingerprint density at radius 2 is 1.69 bits per heavy atom. The number of anilines is 2. The fraction of sp³-hybridized carbons (Fsp3) is 0.240. The third-order valence-electron chi connectivity index (χ3n) is 5.36. The lowest BCUT2D eigenvalue weighted by atomic mass is 9.96. The molecule has 1 amide bonds. The van der Waals surface area contributed by atoms with E-state index in [2.05, 4.69) is 65.6 Å². The number of thiophene rings is 1. The topological polar surface area (TPSA) is 80.0 Å². The number of nitrogens with one attached hydrogen (secondary N) is 2. The van der Waals surface area contributed by atoms with Crippen molar-refractivity contribution in [2.24, 2.45) is 0 Å². The highest BCUT2D eigenvalue weighted by Gasteiger charge is 2.26. The molecule has 32 heavy (non-hydrogen) atoms. The molecule has 0 aliphatic heterocycles. The van der Waals surface area contributed by atoms with Gasteiger partial charge in [-0.3, -0.25) is 4.79 Å². The summed E-state index contributed by atoms with van der Waals surface area (Å²) in [6.07, 6.45) is 1.49. The van der Waals surface area contributed by atoms with Gasteiger partial charge in [0.05, 0.1) is 12.3 Å². The van der Waals surface area contributed by atoms with Crippen molar-refractivity contribution in [3.05, 3.63) is 93.0 Å². The third kappa shape index (κ3) is 4.57. The number of hydrogen-bond donors (Lipinski definition) is 2. The summed E-state index contributed by atoms with van der Waals surface area (Å²) in [6, 6.07) is 13.4. The van der Waals surface area contributed by atoms with E-state index >= 15 is 0 Å². The van der Waals surface area contributed by atoms with E-state index < -0.39 is 0 Å². The Hall–Kier alpha value is -3.45. The molecule has 0 aliphatic carbocycles. The summed E-state index contributed by atoms with van der Waals surface area (Å²) in [6.45, 7) is 10.1. The monoisotopic (exact) mass is 446 g/mol. The van der Waals surface area contributed by atoms with E-state index in [0.717, 1.165) is 38.0 Å². The minimum atomic E-state index is -0.275. The summed E-state index contributed by atoms with van der Waals surface area (Å²) in [5, 5.41) is 7.36. The van der Waals surface area contributed by atoms with Gasteiger partial charge in [-0.2, -0.15) is 0 Å². The normalized spacial score (nSPS) is 11.9. The van der Waals surface area contributed by atoms with Crippen molar-refractivity contribution in [2.75, 3.05) is 10.6 Å². The standard InChI is InChI=1S/C25H26N4O2S/c1-14-8-10-19(11-9-14)22(28-25-26-15(2)13-16(3)27-25)21-17(4)18(5)32-24(21)29-23(30)20-7-6-12-31-20/h6-13,22H,1-5H3,(H,29,30)(H,26,27,28). The second kappa shape index (κ2) is 8.96. The summed E-state index contributed by atoms with van der Waals surface area (Å²) in [5.74, 6) is 0.555. The molecule has 0 saturated heterocycles. The molecule has 2 N–H and O–H groups in total. The Labute approximate surface area is 191 Å². The molecule has 0 fully saturated rings. The van der Waals surface area contributed by atoms with Gasteiger partial charge in [0.15, 0.2) is 5.76 Å². The third-order valence-corrected chi connectivity index (χ3v) is 6.50. The van der Waals surface area contributed by atoms with E-state index in [1.807, 2.05) is 19.9 Å². The molecular formula is C25H26N4O2S. The second-order valence-corrected chi connectivity index (χ2v) is 9.14. The first-order chi connectivity index (χ1) is 15.3. The van der Waals surface area contributed by atoms with Gasteiger partial charge in [0.1, 0.15) is 5.00 Å². The van der Waals surface area contributed by atoms with Crippen molar-refractivity contribution in [3.63, 3.8) is 0 Å². The maximum absolute atomic E-state index is 12.8. The molecule has 3 aromatic heterocycles. The number of rotatable bonds is 6. The van der Waals surface area contributed by atoms with Crippen LogP contribution in [0, 0.1) is 34.6 Å². The lowest BCUT2D eigenvalue weighted by Gasteiger charge is -2.22. The SMILES string of the molecule is Cc1ccc(C(Nc2nc(C)cc(C)n2)c2c(NC(=O)c3ccco3)sc(C)c2C)cc1. The molecule has 1 atom stereocenters. The molecule has 4 rings (SSSR count). The zero-order valence-electron chi connectivity index (χ0n) is 18.8. The van der Waals surface area contributed by atoms with Crippen LogP contribution in [-0.4, -0.2) is 15.9 Å². The number of nitrogens with zero attached hydrogens (tertiary/aromatic N) is 2. The number of carbonyl (C=O) groups excluding carboxylic acids is 1. The molecule has 4 aromatic rings. The Morgan fingerprint density at radius 1 is 1.00 bits per heavy atom. The molecule has 0 radical (unpaired) electrons. The Bertz CT molecular complexity index is 1220. The maximum atomic E-state index is 12.8. The van der Waals surface area contributed by atoms with E-state index in [4.69, 9.17) is 4.42 Å². The van der Waals surface area contributed by atoms with E-state index in [1.54, 1.807) is 23.5 Å². The lowest BCUT2D eigenvalue weighted by molar-refractivity contribution is 0.0997. The summed E-state index contributed by atoms with van der Waals surface area (Å²) < 4.78 is 5.28. The molecule has 0 bridgehead atoms. The summed E-state index contributed by atoms with van der Waals surface area (Å²) in [4.78, 5) is 23.1. The first-order valence-electron chi connectivity index (χ1n) is 10.4. The predicted molar refractivity (Wildman–Crippen MR) is 129 cm³/mol. The second-order valence-electron chi connectivity index (χ2n) is 7.92. The Morgan fingerprint density at radius 3 is 2.31 bits per heavy atom. The fourth-order valence-corrected chi connectivity index (χ4v) is 4.75. The van der Waals surface area contributed by atoms with Gasteiger partial charge in [0.2, 0.25) is 5.95 Å². The van der Waals surface area contributed by atoms with E-state index in [0.29, 0.717) is 5.95 Å². The van der Waals surface area contributed by atoms with Crippen molar-refractivity contribution >= 4 is 28.2 Å². The van der Waals surface area contributed by atoms with Gasteiger partial charge in [-0.05, 0) is 63.9 Å². The molecule has 164 valence electrons. The first-order valence-corrected chi connectivity index (χ1v) is 11.2. The highest BCUT2D eigenvalue weighted by Crippen LogP contribution is 2.41. The van der Waals surface area contributed by atoms with Crippen LogP contribution in [0.1, 0.15) is 55.1 Å². The lowest BCUT2D eigenvalue weighted by Crippen LogP contribution is -2.18. The number of amides is 1. The maximum Gasteiger partial charge on any atom is 0.291 e. The van der Waals surface area contributed by atoms with Crippen molar-refractivity contribution in [2.45, 2.75) is 40.7 Å². The van der Waals surface area contributed by atoms with Gasteiger partial charge >= 0.3 is 0 Å². The fourth-order valence-electron chi connectivity index (χ4n) is 3.66. The molecular weight excluding hydrogens is 420 g/mol. The zero-order chi connectivity index (χ0) is 22.8. The van der Waals surface area contributed by atoms with E-state index in [1.165, 1.54) is 11.8 Å². The van der Waals surface area contributed by atoms with Crippen LogP contribution in [0.5, 0.6) is 0 Å². The highest BCUT2D eigenvalue weighted by molar-refractivity contribution is 7.16.